The lowest BCUT2D eigenvalue weighted by molar-refractivity contribution is 0.0715. The number of rotatable bonds is 4. The van der Waals surface area contributed by atoms with Crippen molar-refractivity contribution in [1.29, 1.82) is 0 Å². The summed E-state index contributed by atoms with van der Waals surface area (Å²) in [6, 6.07) is 9.13. The fourth-order valence-electron chi connectivity index (χ4n) is 2.06. The van der Waals surface area contributed by atoms with Gasteiger partial charge in [-0.05, 0) is 26.8 Å². The van der Waals surface area contributed by atoms with E-state index in [1.165, 1.54) is 0 Å². The molecule has 2 rings (SSSR count). The monoisotopic (exact) mass is 291 g/mol. The van der Waals surface area contributed by atoms with Crippen LogP contribution in [0.2, 0.25) is 5.02 Å². The van der Waals surface area contributed by atoms with Crippen molar-refractivity contribution in [3.63, 3.8) is 0 Å². The zero-order valence-corrected chi connectivity index (χ0v) is 12.6. The first-order valence-electron chi connectivity index (χ1n) is 6.42. The van der Waals surface area contributed by atoms with Crippen LogP contribution in [-0.2, 0) is 5.60 Å². The molecule has 0 saturated carbocycles. The van der Waals surface area contributed by atoms with E-state index in [1.54, 1.807) is 13.0 Å². The van der Waals surface area contributed by atoms with Crippen LogP contribution < -0.4 is 5.32 Å². The molecule has 2 aromatic rings. The molecule has 0 amide bonds. The van der Waals surface area contributed by atoms with E-state index in [1.807, 2.05) is 38.1 Å². The molecule has 1 heterocycles. The second kappa shape index (κ2) is 5.77. The Bertz CT molecular complexity index is 594. The molecule has 0 fully saturated rings. The Kier molecular flexibility index (Phi) is 4.26. The fourth-order valence-corrected chi connectivity index (χ4v) is 2.40. The molecule has 4 nitrogen and oxygen atoms in total. The molecule has 2 N–H and O–H groups in total. The molecular weight excluding hydrogens is 274 g/mol. The number of aryl methyl sites for hydroxylation is 2. The van der Waals surface area contributed by atoms with Gasteiger partial charge in [0.1, 0.15) is 17.2 Å². The largest absolute Gasteiger partial charge is 0.384 e. The second-order valence-electron chi connectivity index (χ2n) is 5.05. The van der Waals surface area contributed by atoms with E-state index in [0.29, 0.717) is 28.8 Å². The van der Waals surface area contributed by atoms with Gasteiger partial charge in [-0.3, -0.25) is 0 Å². The van der Waals surface area contributed by atoms with E-state index in [-0.39, 0.29) is 0 Å². The summed E-state index contributed by atoms with van der Waals surface area (Å²) in [7, 11) is 0. The van der Waals surface area contributed by atoms with Crippen molar-refractivity contribution in [3.8, 4) is 0 Å². The molecule has 0 bridgehead atoms. The molecule has 0 saturated heterocycles. The number of nitrogens with one attached hydrogen (secondary N) is 1. The van der Waals surface area contributed by atoms with Crippen molar-refractivity contribution in [3.05, 3.63) is 52.4 Å². The first kappa shape index (κ1) is 14.8. The van der Waals surface area contributed by atoms with E-state index in [4.69, 9.17) is 11.6 Å². The molecule has 106 valence electrons. The maximum absolute atomic E-state index is 10.6. The number of halogens is 1. The molecule has 5 heteroatoms. The number of hydrogen-bond acceptors (Lipinski definition) is 4. The average Bonchev–Trinajstić information content (AvgIpc) is 2.36. The lowest BCUT2D eigenvalue weighted by Crippen LogP contribution is -2.31. The predicted molar refractivity (Wildman–Crippen MR) is 81.0 cm³/mol. The summed E-state index contributed by atoms with van der Waals surface area (Å²) in [6.07, 6.45) is 0. The van der Waals surface area contributed by atoms with Crippen LogP contribution in [0.1, 0.15) is 24.0 Å². The maximum Gasteiger partial charge on any atom is 0.130 e. The van der Waals surface area contributed by atoms with Gasteiger partial charge in [0, 0.05) is 28.9 Å². The van der Waals surface area contributed by atoms with Gasteiger partial charge in [0.2, 0.25) is 0 Å². The Morgan fingerprint density at radius 1 is 1.25 bits per heavy atom. The number of nitrogens with zero attached hydrogens (tertiary/aromatic N) is 2. The van der Waals surface area contributed by atoms with Crippen LogP contribution in [-0.4, -0.2) is 21.6 Å². The van der Waals surface area contributed by atoms with Gasteiger partial charge in [0.15, 0.2) is 0 Å². The number of anilines is 1. The molecule has 0 aliphatic rings. The molecule has 20 heavy (non-hydrogen) atoms. The van der Waals surface area contributed by atoms with Gasteiger partial charge in [-0.25, -0.2) is 9.97 Å². The molecule has 0 spiro atoms. The third kappa shape index (κ3) is 3.46. The number of hydrogen-bond donors (Lipinski definition) is 2. The van der Waals surface area contributed by atoms with Crippen molar-refractivity contribution in [2.24, 2.45) is 0 Å². The van der Waals surface area contributed by atoms with Crippen molar-refractivity contribution in [1.82, 2.24) is 9.97 Å². The topological polar surface area (TPSA) is 58.0 Å². The van der Waals surface area contributed by atoms with Crippen LogP contribution in [0.5, 0.6) is 0 Å². The van der Waals surface area contributed by atoms with Crippen LogP contribution in [0.4, 0.5) is 5.82 Å². The first-order valence-corrected chi connectivity index (χ1v) is 6.80. The molecule has 0 aliphatic carbocycles. The third-order valence-corrected chi connectivity index (χ3v) is 3.36. The van der Waals surface area contributed by atoms with E-state index < -0.39 is 5.60 Å². The lowest BCUT2D eigenvalue weighted by Gasteiger charge is -2.25. The zero-order chi connectivity index (χ0) is 14.8. The Balaban J connectivity index is 2.15. The van der Waals surface area contributed by atoms with Gasteiger partial charge < -0.3 is 10.4 Å². The Labute approximate surface area is 123 Å². The molecule has 1 unspecified atom stereocenters. The fraction of sp³-hybridized carbons (Fsp3) is 0.333. The SMILES string of the molecule is Cc1cc(NCC(C)(O)c2ccccc2Cl)nc(C)n1. The van der Waals surface area contributed by atoms with Gasteiger partial charge >= 0.3 is 0 Å². The lowest BCUT2D eigenvalue weighted by atomic mass is 9.96. The van der Waals surface area contributed by atoms with Crippen molar-refractivity contribution < 1.29 is 5.11 Å². The highest BCUT2D eigenvalue weighted by atomic mass is 35.5. The first-order chi connectivity index (χ1) is 9.38. The highest BCUT2D eigenvalue weighted by molar-refractivity contribution is 6.31. The van der Waals surface area contributed by atoms with E-state index in [2.05, 4.69) is 15.3 Å². The van der Waals surface area contributed by atoms with Gasteiger partial charge in [-0.15, -0.1) is 0 Å². The summed E-state index contributed by atoms with van der Waals surface area (Å²) in [5, 5.41) is 14.3. The van der Waals surface area contributed by atoms with E-state index in [0.717, 1.165) is 5.69 Å². The van der Waals surface area contributed by atoms with Crippen molar-refractivity contribution in [2.75, 3.05) is 11.9 Å². The summed E-state index contributed by atoms with van der Waals surface area (Å²) in [5.74, 6) is 1.40. The minimum absolute atomic E-state index is 0.312. The van der Waals surface area contributed by atoms with Crippen LogP contribution in [0.3, 0.4) is 0 Å². The van der Waals surface area contributed by atoms with Gasteiger partial charge in [-0.2, -0.15) is 0 Å². The third-order valence-electron chi connectivity index (χ3n) is 3.03. The smallest absolute Gasteiger partial charge is 0.130 e. The predicted octanol–water partition coefficient (Wildman–Crippen LogP) is 3.07. The normalized spacial score (nSPS) is 13.8. The second-order valence-corrected chi connectivity index (χ2v) is 5.46. The summed E-state index contributed by atoms with van der Waals surface area (Å²) in [6.45, 7) is 5.78. The molecule has 1 aromatic heterocycles. The van der Waals surface area contributed by atoms with Gasteiger partial charge in [0.05, 0.1) is 0 Å². The number of aliphatic hydroxyl groups is 1. The van der Waals surface area contributed by atoms with E-state index >= 15 is 0 Å². The number of aromatic nitrogens is 2. The maximum atomic E-state index is 10.6. The van der Waals surface area contributed by atoms with Gasteiger partial charge in [0.25, 0.3) is 0 Å². The molecule has 0 radical (unpaired) electrons. The minimum Gasteiger partial charge on any atom is -0.384 e. The summed E-state index contributed by atoms with van der Waals surface area (Å²) >= 11 is 6.13. The minimum atomic E-state index is -1.08. The van der Waals surface area contributed by atoms with Crippen LogP contribution in [0, 0.1) is 13.8 Å². The Morgan fingerprint density at radius 2 is 1.95 bits per heavy atom. The highest BCUT2D eigenvalue weighted by Gasteiger charge is 2.25. The quantitative estimate of drug-likeness (QED) is 0.909. The van der Waals surface area contributed by atoms with Crippen LogP contribution in [0.15, 0.2) is 30.3 Å². The molecule has 1 atom stereocenters. The molecule has 0 aliphatic heterocycles. The molecular formula is C15H18ClN3O. The highest BCUT2D eigenvalue weighted by Crippen LogP contribution is 2.27. The van der Waals surface area contributed by atoms with E-state index in [9.17, 15) is 5.11 Å². The summed E-state index contributed by atoms with van der Waals surface area (Å²) < 4.78 is 0. The number of benzene rings is 1. The average molecular weight is 292 g/mol. The molecule has 1 aromatic carbocycles. The van der Waals surface area contributed by atoms with Crippen molar-refractivity contribution in [2.45, 2.75) is 26.4 Å². The van der Waals surface area contributed by atoms with Crippen molar-refractivity contribution >= 4 is 17.4 Å². The Hall–Kier alpha value is -1.65. The van der Waals surface area contributed by atoms with Gasteiger partial charge in [-0.1, -0.05) is 29.8 Å². The summed E-state index contributed by atoms with van der Waals surface area (Å²) in [5.41, 5.74) is 0.500. The Morgan fingerprint density at radius 3 is 2.60 bits per heavy atom. The summed E-state index contributed by atoms with van der Waals surface area (Å²) in [4.78, 5) is 8.50. The standard InChI is InChI=1S/C15H18ClN3O/c1-10-8-14(19-11(2)18-10)17-9-15(3,20)12-6-4-5-7-13(12)16/h4-8,20H,9H2,1-3H3,(H,17,18,19). The van der Waals surface area contributed by atoms with Crippen LogP contribution >= 0.6 is 11.6 Å². The van der Waals surface area contributed by atoms with Crippen LogP contribution in [0.25, 0.3) is 0 Å². The zero-order valence-electron chi connectivity index (χ0n) is 11.8.